The normalized spacial score (nSPS) is 47.3. The van der Waals surface area contributed by atoms with Gasteiger partial charge in [0.05, 0.1) is 5.25 Å². The summed E-state index contributed by atoms with van der Waals surface area (Å²) in [4.78, 5) is 2.50. The van der Waals surface area contributed by atoms with E-state index in [4.69, 9.17) is 0 Å². The number of nitrogens with one attached hydrogen (secondary N) is 1. The van der Waals surface area contributed by atoms with Crippen LogP contribution in [0.3, 0.4) is 0 Å². The molecule has 0 aromatic heterocycles. The first-order valence-corrected chi connectivity index (χ1v) is 19.5. The molecule has 5 aliphatic carbocycles. The molecule has 0 radical (unpaired) electrons. The molecule has 1 aliphatic heterocycles. The Morgan fingerprint density at radius 3 is 2.29 bits per heavy atom. The third kappa shape index (κ3) is 4.67. The van der Waals surface area contributed by atoms with Crippen LogP contribution < -0.4 is 5.32 Å². The first-order valence-electron chi connectivity index (χ1n) is 17.6. The Bertz CT molecular complexity index is 1200. The quantitative estimate of drug-likeness (QED) is 0.319. The minimum Gasteiger partial charge on any atom is -0.310 e. The number of allylic oxidation sites excluding steroid dienone is 3. The van der Waals surface area contributed by atoms with Gasteiger partial charge in [-0.3, -0.25) is 0 Å². The smallest absolute Gasteiger partial charge is 0.150 e. The van der Waals surface area contributed by atoms with Gasteiger partial charge in [0.1, 0.15) is 9.84 Å². The SMILES string of the molecule is C=C(C)[C@@H]1CC[C@]2(NCCN3CCC(S(C)(=O)=O)CC3)CC[C@]3(C)[C@H](CC[C@@H]4[C@]5(C)CC=CC(C)(C)[C@H]5CC[C@]43C)[C@@H]12. The van der Waals surface area contributed by atoms with Crippen LogP contribution in [0.5, 0.6) is 0 Å². The van der Waals surface area contributed by atoms with Crippen molar-refractivity contribution in [2.45, 2.75) is 123 Å². The molecule has 6 aliphatic rings. The van der Waals surface area contributed by atoms with Gasteiger partial charge >= 0.3 is 0 Å². The van der Waals surface area contributed by atoms with Crippen molar-refractivity contribution in [2.75, 3.05) is 32.4 Å². The summed E-state index contributed by atoms with van der Waals surface area (Å²) >= 11 is 0. The third-order valence-electron chi connectivity index (χ3n) is 15.4. The molecule has 0 bridgehead atoms. The van der Waals surface area contributed by atoms with Crippen molar-refractivity contribution >= 4 is 9.84 Å². The summed E-state index contributed by atoms with van der Waals surface area (Å²) in [6.45, 7) is 24.0. The molecule has 1 N–H and O–H groups in total. The molecule has 0 aromatic rings. The van der Waals surface area contributed by atoms with Crippen molar-refractivity contribution in [3.63, 3.8) is 0 Å². The lowest BCUT2D eigenvalue weighted by Gasteiger charge is -2.72. The highest BCUT2D eigenvalue weighted by molar-refractivity contribution is 7.91. The number of fused-ring (bicyclic) bond motifs is 7. The van der Waals surface area contributed by atoms with Gasteiger partial charge in [0.25, 0.3) is 0 Å². The number of likely N-dealkylation sites (tertiary alicyclic amines) is 1. The zero-order valence-corrected chi connectivity index (χ0v) is 28.9. The zero-order valence-electron chi connectivity index (χ0n) is 28.1. The zero-order chi connectivity index (χ0) is 30.3. The van der Waals surface area contributed by atoms with E-state index in [1.165, 1.54) is 69.6 Å². The lowest BCUT2D eigenvalue weighted by Crippen LogP contribution is -2.68. The Kier molecular flexibility index (Phi) is 7.79. The van der Waals surface area contributed by atoms with Crippen LogP contribution in [0.25, 0.3) is 0 Å². The Balaban J connectivity index is 1.22. The molecule has 0 unspecified atom stereocenters. The Morgan fingerprint density at radius 1 is 0.905 bits per heavy atom. The van der Waals surface area contributed by atoms with Crippen molar-refractivity contribution in [3.8, 4) is 0 Å². The van der Waals surface area contributed by atoms with Crippen LogP contribution in [0.1, 0.15) is 112 Å². The molecule has 238 valence electrons. The van der Waals surface area contributed by atoms with Crippen molar-refractivity contribution in [1.29, 1.82) is 0 Å². The number of nitrogens with zero attached hydrogens (tertiary/aromatic N) is 1. The van der Waals surface area contributed by atoms with Crippen LogP contribution in [-0.4, -0.2) is 56.5 Å². The summed E-state index contributed by atoms with van der Waals surface area (Å²) in [6.07, 6.45) is 20.2. The number of piperidine rings is 1. The second-order valence-corrected chi connectivity index (χ2v) is 19.9. The fourth-order valence-corrected chi connectivity index (χ4v) is 14.1. The number of rotatable bonds is 6. The predicted molar refractivity (Wildman–Crippen MR) is 176 cm³/mol. The van der Waals surface area contributed by atoms with Gasteiger partial charge in [-0.1, -0.05) is 58.9 Å². The van der Waals surface area contributed by atoms with E-state index in [1.807, 2.05) is 0 Å². The van der Waals surface area contributed by atoms with Gasteiger partial charge in [0.15, 0.2) is 0 Å². The fraction of sp³-hybridized carbons (Fsp3) is 0.892. The molecule has 42 heavy (non-hydrogen) atoms. The average Bonchev–Trinajstić information content (AvgIpc) is 3.28. The number of sulfone groups is 1. The minimum absolute atomic E-state index is 0.142. The van der Waals surface area contributed by atoms with Gasteiger partial charge in [0, 0.05) is 24.9 Å². The van der Waals surface area contributed by atoms with E-state index in [1.54, 1.807) is 0 Å². The van der Waals surface area contributed by atoms with Crippen LogP contribution in [-0.2, 0) is 9.84 Å². The molecule has 6 rings (SSSR count). The Labute approximate surface area is 258 Å². The van der Waals surface area contributed by atoms with Gasteiger partial charge < -0.3 is 10.2 Å². The Morgan fingerprint density at radius 2 is 1.62 bits per heavy atom. The first-order chi connectivity index (χ1) is 19.6. The largest absolute Gasteiger partial charge is 0.310 e. The van der Waals surface area contributed by atoms with Crippen LogP contribution in [0.4, 0.5) is 0 Å². The maximum absolute atomic E-state index is 12.0. The standard InChI is InChI=1S/C37H62N2O2S/c1-26(2)28-12-19-37(38-22-25-39-23-14-27(15-24-39)42(8,40)41)21-20-35(6)29(32(28)37)10-11-31-34(5)17-9-16-33(3,4)30(34)13-18-36(31,35)7/h9,16,27-32,38H,1,10-15,17-25H2,2-8H3/t28-,29+,30+,31+,32+,34+,35+,36+,37-/m0/s1. The van der Waals surface area contributed by atoms with E-state index in [9.17, 15) is 8.42 Å². The van der Waals surface area contributed by atoms with E-state index in [0.29, 0.717) is 33.5 Å². The summed E-state index contributed by atoms with van der Waals surface area (Å²) in [7, 11) is -2.92. The second-order valence-electron chi connectivity index (χ2n) is 17.6. The lowest BCUT2D eigenvalue weighted by atomic mass is 9.33. The van der Waals surface area contributed by atoms with E-state index >= 15 is 0 Å². The van der Waals surface area contributed by atoms with Gasteiger partial charge in [-0.15, -0.1) is 0 Å². The number of hydrogen-bond donors (Lipinski definition) is 1. The van der Waals surface area contributed by atoms with E-state index in [-0.39, 0.29) is 10.8 Å². The van der Waals surface area contributed by atoms with Crippen molar-refractivity contribution in [3.05, 3.63) is 24.3 Å². The highest BCUT2D eigenvalue weighted by atomic mass is 32.2. The molecule has 9 atom stereocenters. The highest BCUT2D eigenvalue weighted by Crippen LogP contribution is 2.76. The van der Waals surface area contributed by atoms with E-state index in [0.717, 1.165) is 56.8 Å². The molecule has 1 heterocycles. The Hall–Kier alpha value is -0.650. The third-order valence-corrected chi connectivity index (χ3v) is 17.1. The summed E-state index contributed by atoms with van der Waals surface area (Å²) in [5.74, 6) is 3.71. The summed E-state index contributed by atoms with van der Waals surface area (Å²) in [5.41, 5.74) is 3.17. The van der Waals surface area contributed by atoms with Crippen molar-refractivity contribution in [2.24, 2.45) is 51.2 Å². The molecule has 4 saturated carbocycles. The molecule has 0 aromatic carbocycles. The second kappa shape index (κ2) is 10.4. The van der Waals surface area contributed by atoms with Crippen molar-refractivity contribution < 1.29 is 8.42 Å². The number of hydrogen-bond acceptors (Lipinski definition) is 4. The molecule has 5 fully saturated rings. The van der Waals surface area contributed by atoms with Gasteiger partial charge in [0.2, 0.25) is 0 Å². The molecule has 1 saturated heterocycles. The van der Waals surface area contributed by atoms with Crippen LogP contribution in [0, 0.1) is 51.2 Å². The predicted octanol–water partition coefficient (Wildman–Crippen LogP) is 7.66. The molecule has 0 spiro atoms. The summed E-state index contributed by atoms with van der Waals surface area (Å²) < 4.78 is 24.1. The molecule has 0 amide bonds. The van der Waals surface area contributed by atoms with Crippen LogP contribution in [0.15, 0.2) is 24.3 Å². The van der Waals surface area contributed by atoms with Gasteiger partial charge in [-0.05, 0) is 142 Å². The molecule has 5 heteroatoms. The van der Waals surface area contributed by atoms with Crippen molar-refractivity contribution in [1.82, 2.24) is 10.2 Å². The molecular formula is C37H62N2O2S. The first kappa shape index (κ1) is 31.3. The van der Waals surface area contributed by atoms with Crippen LogP contribution >= 0.6 is 0 Å². The maximum Gasteiger partial charge on any atom is 0.150 e. The summed E-state index contributed by atoms with van der Waals surface area (Å²) in [6, 6.07) is 0. The van der Waals surface area contributed by atoms with E-state index in [2.05, 4.69) is 70.5 Å². The average molecular weight is 599 g/mol. The lowest BCUT2D eigenvalue weighted by molar-refractivity contribution is -0.220. The molecular weight excluding hydrogens is 536 g/mol. The van der Waals surface area contributed by atoms with Crippen LogP contribution in [0.2, 0.25) is 0 Å². The minimum atomic E-state index is -2.92. The monoisotopic (exact) mass is 598 g/mol. The molecule has 4 nitrogen and oxygen atoms in total. The van der Waals surface area contributed by atoms with Gasteiger partial charge in [-0.2, -0.15) is 0 Å². The van der Waals surface area contributed by atoms with Gasteiger partial charge in [-0.25, -0.2) is 8.42 Å². The highest BCUT2D eigenvalue weighted by Gasteiger charge is 2.70. The van der Waals surface area contributed by atoms with E-state index < -0.39 is 9.84 Å². The topological polar surface area (TPSA) is 49.4 Å². The maximum atomic E-state index is 12.0. The summed E-state index contributed by atoms with van der Waals surface area (Å²) in [5, 5.41) is 4.12. The fourth-order valence-electron chi connectivity index (χ4n) is 13.1.